The molecule has 250 valence electrons. The molecular formula is C37H56N2O6. The second kappa shape index (κ2) is 13.3. The number of benzene rings is 1. The monoisotopic (exact) mass is 624 g/mol. The van der Waals surface area contributed by atoms with Crippen LogP contribution in [-0.2, 0) is 14.4 Å². The van der Waals surface area contributed by atoms with Crippen LogP contribution < -0.4 is 10.6 Å². The highest BCUT2D eigenvalue weighted by molar-refractivity contribution is 5.92. The van der Waals surface area contributed by atoms with Crippen molar-refractivity contribution in [3.8, 4) is 0 Å². The Bertz CT molecular complexity index is 1270. The molecule has 2 amide bonds. The molecule has 4 aliphatic rings. The van der Waals surface area contributed by atoms with Crippen LogP contribution >= 0.6 is 0 Å². The fourth-order valence-electron chi connectivity index (χ4n) is 10.6. The molecule has 8 nitrogen and oxygen atoms in total. The van der Waals surface area contributed by atoms with E-state index >= 15 is 0 Å². The van der Waals surface area contributed by atoms with Crippen LogP contribution in [0.4, 0.5) is 5.69 Å². The smallest absolute Gasteiger partial charge is 0.326 e. The molecule has 5 rings (SSSR count). The Morgan fingerprint density at radius 1 is 0.911 bits per heavy atom. The molecule has 5 N–H and O–H groups in total. The van der Waals surface area contributed by atoms with Gasteiger partial charge in [0.15, 0.2) is 0 Å². The zero-order chi connectivity index (χ0) is 32.7. The number of amides is 2. The molecule has 11 atom stereocenters. The predicted octanol–water partition coefficient (Wildman–Crippen LogP) is 6.00. The van der Waals surface area contributed by atoms with E-state index in [1.165, 1.54) is 0 Å². The maximum absolute atomic E-state index is 13.0. The number of anilines is 1. The Morgan fingerprint density at radius 2 is 1.60 bits per heavy atom. The number of carboxylic acids is 1. The van der Waals surface area contributed by atoms with Gasteiger partial charge in [-0.1, -0.05) is 32.9 Å². The van der Waals surface area contributed by atoms with E-state index in [4.69, 9.17) is 0 Å². The SMILES string of the molecule is Cc1cccc(NC(=O)CC[C@H](NC(=O)CC[C@@H](C)[C@H]2CC[C@H]3[C@@H]4[C@H](O)C[C@H]5C[C@H](O)CC[C@]5(C)[C@H]4CC[C@]23C)C(=O)O)c1C. The summed E-state index contributed by atoms with van der Waals surface area (Å²) in [6, 6.07) is 4.55. The Balaban J connectivity index is 1.13. The van der Waals surface area contributed by atoms with Gasteiger partial charge in [0.2, 0.25) is 11.8 Å². The second-order valence-corrected chi connectivity index (χ2v) is 15.8. The van der Waals surface area contributed by atoms with Crippen molar-refractivity contribution in [3.63, 3.8) is 0 Å². The first-order valence-electron chi connectivity index (χ1n) is 17.5. The average Bonchev–Trinajstić information content (AvgIpc) is 3.34. The third-order valence-electron chi connectivity index (χ3n) is 13.4. The third kappa shape index (κ3) is 6.69. The van der Waals surface area contributed by atoms with Crippen LogP contribution in [0.2, 0.25) is 0 Å². The van der Waals surface area contributed by atoms with Gasteiger partial charge in [0.05, 0.1) is 12.2 Å². The Hall–Kier alpha value is -2.45. The Labute approximate surface area is 269 Å². The van der Waals surface area contributed by atoms with E-state index in [9.17, 15) is 29.7 Å². The van der Waals surface area contributed by atoms with Gasteiger partial charge in [-0.3, -0.25) is 9.59 Å². The number of hydrogen-bond donors (Lipinski definition) is 5. The van der Waals surface area contributed by atoms with Crippen LogP contribution in [0.15, 0.2) is 18.2 Å². The summed E-state index contributed by atoms with van der Waals surface area (Å²) in [5.41, 5.74) is 3.08. The molecule has 4 aliphatic carbocycles. The van der Waals surface area contributed by atoms with E-state index in [0.29, 0.717) is 47.6 Å². The van der Waals surface area contributed by atoms with Gasteiger partial charge in [0.25, 0.3) is 0 Å². The molecule has 0 saturated heterocycles. The lowest BCUT2D eigenvalue weighted by atomic mass is 9.43. The van der Waals surface area contributed by atoms with Crippen LogP contribution in [-0.4, -0.2) is 51.4 Å². The van der Waals surface area contributed by atoms with Crippen molar-refractivity contribution in [1.29, 1.82) is 0 Å². The lowest BCUT2D eigenvalue weighted by Gasteiger charge is -2.62. The quantitative estimate of drug-likeness (QED) is 0.217. The highest BCUT2D eigenvalue weighted by atomic mass is 16.4. The van der Waals surface area contributed by atoms with E-state index in [1.54, 1.807) is 0 Å². The second-order valence-electron chi connectivity index (χ2n) is 15.8. The molecule has 1 aromatic carbocycles. The molecule has 8 heteroatoms. The van der Waals surface area contributed by atoms with E-state index in [1.807, 2.05) is 32.0 Å². The number of carboxylic acid groups (broad SMARTS) is 1. The van der Waals surface area contributed by atoms with Gasteiger partial charge < -0.3 is 26.0 Å². The minimum Gasteiger partial charge on any atom is -0.480 e. The zero-order valence-corrected chi connectivity index (χ0v) is 28.0. The minimum atomic E-state index is -1.13. The van der Waals surface area contributed by atoms with Gasteiger partial charge in [-0.2, -0.15) is 0 Å². The fourth-order valence-corrected chi connectivity index (χ4v) is 10.6. The summed E-state index contributed by atoms with van der Waals surface area (Å²) in [7, 11) is 0. The fraction of sp³-hybridized carbons (Fsp3) is 0.757. The molecule has 0 radical (unpaired) electrons. The van der Waals surface area contributed by atoms with Gasteiger partial charge in [-0.15, -0.1) is 0 Å². The first-order valence-corrected chi connectivity index (χ1v) is 17.5. The van der Waals surface area contributed by atoms with E-state index in [0.717, 1.165) is 62.5 Å². The summed E-state index contributed by atoms with van der Waals surface area (Å²) in [5.74, 6) is 0.777. The number of hydrogen-bond acceptors (Lipinski definition) is 5. The normalized spacial score (nSPS) is 37.0. The third-order valence-corrected chi connectivity index (χ3v) is 13.4. The van der Waals surface area contributed by atoms with Crippen molar-refractivity contribution >= 4 is 23.5 Å². The molecule has 0 aliphatic heterocycles. The molecule has 0 heterocycles. The average molecular weight is 625 g/mol. The number of carbonyl (C=O) groups is 3. The standard InChI is InChI=1S/C37H56N2O6/c1-21-7-6-8-29(23(21)3)38-33(43)14-12-30(35(44)45)39-32(42)13-9-22(2)26-10-11-27-34-28(16-18-37(26,27)5)36(4)17-15-25(40)19-24(36)20-31(34)41/h6-8,22,24-28,30-31,34,40-41H,9-20H2,1-5H3,(H,38,43)(H,39,42)(H,44,45)/t22-,24-,25-,26-,27+,28+,30+,31-,34+,36+,37-/m1/s1. The van der Waals surface area contributed by atoms with Gasteiger partial charge >= 0.3 is 5.97 Å². The molecule has 0 bridgehead atoms. The molecule has 4 saturated carbocycles. The summed E-state index contributed by atoms with van der Waals surface area (Å²) >= 11 is 0. The van der Waals surface area contributed by atoms with E-state index in [-0.39, 0.29) is 54.1 Å². The first kappa shape index (κ1) is 33.9. The number of aliphatic carboxylic acids is 1. The van der Waals surface area contributed by atoms with Crippen LogP contribution in [0.5, 0.6) is 0 Å². The van der Waals surface area contributed by atoms with Crippen LogP contribution in [0.1, 0.15) is 109 Å². The van der Waals surface area contributed by atoms with Crippen molar-refractivity contribution in [2.75, 3.05) is 5.32 Å². The summed E-state index contributed by atoms with van der Waals surface area (Å²) < 4.78 is 0. The number of aryl methyl sites for hydroxylation is 1. The summed E-state index contributed by atoms with van der Waals surface area (Å²) in [6.07, 6.45) is 8.48. The number of aliphatic hydroxyl groups excluding tert-OH is 2. The van der Waals surface area contributed by atoms with E-state index < -0.39 is 12.0 Å². The van der Waals surface area contributed by atoms with Gasteiger partial charge in [0.1, 0.15) is 6.04 Å². The number of rotatable bonds is 10. The number of aliphatic hydroxyl groups is 2. The Kier molecular flexibility index (Phi) is 10.1. The lowest BCUT2D eigenvalue weighted by Crippen LogP contribution is -2.58. The van der Waals surface area contributed by atoms with Crippen molar-refractivity contribution in [3.05, 3.63) is 29.3 Å². The van der Waals surface area contributed by atoms with Crippen molar-refractivity contribution in [2.45, 2.75) is 130 Å². The van der Waals surface area contributed by atoms with Crippen LogP contribution in [0, 0.1) is 60.2 Å². The largest absolute Gasteiger partial charge is 0.480 e. The molecule has 0 aromatic heterocycles. The minimum absolute atomic E-state index is 0.00274. The molecule has 0 unspecified atom stereocenters. The van der Waals surface area contributed by atoms with E-state index in [2.05, 4.69) is 31.4 Å². The predicted molar refractivity (Wildman–Crippen MR) is 174 cm³/mol. The highest BCUT2D eigenvalue weighted by Crippen LogP contribution is 2.68. The van der Waals surface area contributed by atoms with Crippen LogP contribution in [0.3, 0.4) is 0 Å². The summed E-state index contributed by atoms with van der Waals surface area (Å²) in [4.78, 5) is 37.5. The maximum Gasteiger partial charge on any atom is 0.326 e. The maximum atomic E-state index is 13.0. The van der Waals surface area contributed by atoms with Gasteiger partial charge in [-0.05, 0) is 142 Å². The lowest BCUT2D eigenvalue weighted by molar-refractivity contribution is -0.174. The number of nitrogens with one attached hydrogen (secondary N) is 2. The summed E-state index contributed by atoms with van der Waals surface area (Å²) in [6.45, 7) is 11.0. The zero-order valence-electron chi connectivity index (χ0n) is 28.0. The highest BCUT2D eigenvalue weighted by Gasteiger charge is 2.62. The number of fused-ring (bicyclic) bond motifs is 5. The summed E-state index contributed by atoms with van der Waals surface area (Å²) in [5, 5.41) is 37.2. The van der Waals surface area contributed by atoms with Gasteiger partial charge in [0, 0.05) is 18.5 Å². The van der Waals surface area contributed by atoms with Crippen molar-refractivity contribution < 1.29 is 29.7 Å². The molecule has 1 aromatic rings. The van der Waals surface area contributed by atoms with Crippen molar-refractivity contribution in [1.82, 2.24) is 5.32 Å². The topological polar surface area (TPSA) is 136 Å². The van der Waals surface area contributed by atoms with Crippen LogP contribution in [0.25, 0.3) is 0 Å². The Morgan fingerprint density at radius 3 is 2.33 bits per heavy atom. The molecule has 4 fully saturated rings. The first-order chi connectivity index (χ1) is 21.2. The molecule has 0 spiro atoms. The van der Waals surface area contributed by atoms with Crippen molar-refractivity contribution in [2.24, 2.45) is 46.3 Å². The number of carbonyl (C=O) groups excluding carboxylic acids is 2. The van der Waals surface area contributed by atoms with Gasteiger partial charge in [-0.25, -0.2) is 4.79 Å². The molecule has 45 heavy (non-hydrogen) atoms. The molecular weight excluding hydrogens is 568 g/mol.